The summed E-state index contributed by atoms with van der Waals surface area (Å²) in [5.41, 5.74) is 0.142. The van der Waals surface area contributed by atoms with Gasteiger partial charge in [-0.3, -0.25) is 4.79 Å². The zero-order valence-electron chi connectivity index (χ0n) is 15.0. The number of urea groups is 1. The second-order valence-corrected chi connectivity index (χ2v) is 7.68. The van der Waals surface area contributed by atoms with E-state index in [1.165, 1.54) is 0 Å². The molecule has 2 aliphatic rings. The Hall–Kier alpha value is -2.08. The number of carbonyl (C=O) groups is 2. The Morgan fingerprint density at radius 3 is 1.96 bits per heavy atom. The van der Waals surface area contributed by atoms with Gasteiger partial charge in [-0.15, -0.1) is 0 Å². The molecule has 0 saturated heterocycles. The molecule has 0 bridgehead atoms. The molecule has 0 heterocycles. The Balaban J connectivity index is 1.42. The first-order valence-corrected chi connectivity index (χ1v) is 9.54. The molecular weight excluding hydrogens is 332 g/mol. The third-order valence-electron chi connectivity index (χ3n) is 5.87. The highest BCUT2D eigenvalue weighted by molar-refractivity contribution is 5.74. The Morgan fingerprint density at radius 2 is 1.42 bits per heavy atom. The van der Waals surface area contributed by atoms with Crippen molar-refractivity contribution in [3.05, 3.63) is 35.9 Å². The lowest BCUT2D eigenvalue weighted by Crippen LogP contribution is -2.49. The van der Waals surface area contributed by atoms with E-state index in [0.717, 1.165) is 18.4 Å². The summed E-state index contributed by atoms with van der Waals surface area (Å²) in [5, 5.41) is 25.9. The van der Waals surface area contributed by atoms with Gasteiger partial charge in [-0.2, -0.15) is 0 Å². The van der Waals surface area contributed by atoms with E-state index in [4.69, 9.17) is 5.11 Å². The summed E-state index contributed by atoms with van der Waals surface area (Å²) >= 11 is 0. The van der Waals surface area contributed by atoms with Crippen LogP contribution in [0.25, 0.3) is 0 Å². The number of carboxylic acids is 1. The van der Waals surface area contributed by atoms with Gasteiger partial charge in [0.1, 0.15) is 0 Å². The molecule has 2 amide bonds. The Morgan fingerprint density at radius 1 is 0.885 bits per heavy atom. The minimum Gasteiger partial charge on any atom is -0.481 e. The molecular formula is C20H28N2O4. The van der Waals surface area contributed by atoms with Crippen molar-refractivity contribution in [2.45, 2.75) is 69.1 Å². The molecule has 6 heteroatoms. The molecule has 0 atom stereocenters. The zero-order chi connectivity index (χ0) is 18.6. The van der Waals surface area contributed by atoms with Crippen LogP contribution in [0.1, 0.15) is 56.9 Å². The summed E-state index contributed by atoms with van der Waals surface area (Å²) in [6.45, 7) is 0. The molecule has 26 heavy (non-hydrogen) atoms. The van der Waals surface area contributed by atoms with Crippen LogP contribution < -0.4 is 10.6 Å². The molecule has 142 valence electrons. The van der Waals surface area contributed by atoms with Gasteiger partial charge in [-0.1, -0.05) is 30.3 Å². The number of aliphatic carboxylic acids is 1. The van der Waals surface area contributed by atoms with Gasteiger partial charge in [0.25, 0.3) is 0 Å². The third-order valence-corrected chi connectivity index (χ3v) is 5.87. The van der Waals surface area contributed by atoms with Crippen molar-refractivity contribution in [2.24, 2.45) is 5.92 Å². The van der Waals surface area contributed by atoms with Crippen LogP contribution in [0.2, 0.25) is 0 Å². The molecule has 0 spiro atoms. The molecule has 0 aliphatic heterocycles. The number of hydrogen-bond acceptors (Lipinski definition) is 3. The molecule has 2 fully saturated rings. The van der Waals surface area contributed by atoms with Gasteiger partial charge in [-0.05, 0) is 56.9 Å². The smallest absolute Gasteiger partial charge is 0.315 e. The molecule has 0 aromatic heterocycles. The maximum atomic E-state index is 12.2. The van der Waals surface area contributed by atoms with Crippen molar-refractivity contribution in [3.8, 4) is 0 Å². The second kappa shape index (κ2) is 8.08. The number of carboxylic acid groups (broad SMARTS) is 1. The van der Waals surface area contributed by atoms with E-state index in [1.54, 1.807) is 0 Å². The van der Waals surface area contributed by atoms with E-state index in [2.05, 4.69) is 10.6 Å². The first-order valence-electron chi connectivity index (χ1n) is 9.54. The summed E-state index contributed by atoms with van der Waals surface area (Å²) in [5.74, 6) is -1.01. The quantitative estimate of drug-likeness (QED) is 0.663. The van der Waals surface area contributed by atoms with E-state index < -0.39 is 11.6 Å². The van der Waals surface area contributed by atoms with Crippen LogP contribution in [-0.4, -0.2) is 34.3 Å². The lowest BCUT2D eigenvalue weighted by Gasteiger charge is -2.37. The minimum absolute atomic E-state index is 0.0513. The van der Waals surface area contributed by atoms with E-state index in [1.807, 2.05) is 30.3 Å². The van der Waals surface area contributed by atoms with Crippen molar-refractivity contribution in [1.82, 2.24) is 10.6 Å². The Bertz CT molecular complexity index is 618. The number of hydrogen-bond donors (Lipinski definition) is 4. The van der Waals surface area contributed by atoms with Crippen molar-refractivity contribution in [3.63, 3.8) is 0 Å². The van der Waals surface area contributed by atoms with Crippen LogP contribution in [-0.2, 0) is 10.4 Å². The molecule has 3 rings (SSSR count). The molecule has 4 N–H and O–H groups in total. The standard InChI is InChI=1S/C20H28N2O4/c23-18(24)14-6-8-16(9-7-14)21-19(25)22-17-10-12-20(26,13-11-17)15-4-2-1-3-5-15/h1-5,14,16-17,26H,6-13H2,(H,23,24)(H2,21,22,25). The van der Waals surface area contributed by atoms with E-state index in [9.17, 15) is 14.7 Å². The average Bonchev–Trinajstić information content (AvgIpc) is 2.65. The van der Waals surface area contributed by atoms with Gasteiger partial charge >= 0.3 is 12.0 Å². The summed E-state index contributed by atoms with van der Waals surface area (Å²) in [7, 11) is 0. The number of benzene rings is 1. The van der Waals surface area contributed by atoms with Crippen LogP contribution >= 0.6 is 0 Å². The van der Waals surface area contributed by atoms with E-state index in [0.29, 0.717) is 38.5 Å². The van der Waals surface area contributed by atoms with Crippen molar-refractivity contribution < 1.29 is 19.8 Å². The maximum absolute atomic E-state index is 12.2. The van der Waals surface area contributed by atoms with Crippen molar-refractivity contribution in [1.29, 1.82) is 0 Å². The van der Waals surface area contributed by atoms with Gasteiger partial charge < -0.3 is 20.8 Å². The SMILES string of the molecule is O=C(NC1CCC(C(=O)O)CC1)NC1CCC(O)(c2ccccc2)CC1. The van der Waals surface area contributed by atoms with Gasteiger partial charge in [0, 0.05) is 12.1 Å². The predicted octanol–water partition coefficient (Wildman–Crippen LogP) is 2.76. The van der Waals surface area contributed by atoms with Crippen LogP contribution in [0.15, 0.2) is 30.3 Å². The van der Waals surface area contributed by atoms with Gasteiger partial charge in [0.15, 0.2) is 0 Å². The number of rotatable bonds is 4. The largest absolute Gasteiger partial charge is 0.481 e. The Labute approximate surface area is 154 Å². The highest BCUT2D eigenvalue weighted by atomic mass is 16.4. The molecule has 1 aromatic rings. The van der Waals surface area contributed by atoms with Gasteiger partial charge in [0.2, 0.25) is 0 Å². The normalized spacial score (nSPS) is 31.8. The topological polar surface area (TPSA) is 98.7 Å². The lowest BCUT2D eigenvalue weighted by molar-refractivity contribution is -0.142. The summed E-state index contributed by atoms with van der Waals surface area (Å²) < 4.78 is 0. The van der Waals surface area contributed by atoms with Crippen molar-refractivity contribution in [2.75, 3.05) is 0 Å². The highest BCUT2D eigenvalue weighted by Gasteiger charge is 2.35. The fraction of sp³-hybridized carbons (Fsp3) is 0.600. The third kappa shape index (κ3) is 4.55. The zero-order valence-corrected chi connectivity index (χ0v) is 15.0. The van der Waals surface area contributed by atoms with Crippen LogP contribution in [0.4, 0.5) is 4.79 Å². The monoisotopic (exact) mass is 360 g/mol. The first kappa shape index (κ1) is 18.7. The van der Waals surface area contributed by atoms with Gasteiger partial charge in [0.05, 0.1) is 11.5 Å². The molecule has 0 radical (unpaired) electrons. The van der Waals surface area contributed by atoms with Crippen LogP contribution in [0.3, 0.4) is 0 Å². The number of nitrogens with one attached hydrogen (secondary N) is 2. The number of amides is 2. The molecule has 0 unspecified atom stereocenters. The van der Waals surface area contributed by atoms with Gasteiger partial charge in [-0.25, -0.2) is 4.79 Å². The van der Waals surface area contributed by atoms with Crippen molar-refractivity contribution >= 4 is 12.0 Å². The maximum Gasteiger partial charge on any atom is 0.315 e. The summed E-state index contributed by atoms with van der Waals surface area (Å²) in [6.07, 6.45) is 5.40. The summed E-state index contributed by atoms with van der Waals surface area (Å²) in [4.78, 5) is 23.2. The van der Waals surface area contributed by atoms with E-state index >= 15 is 0 Å². The highest BCUT2D eigenvalue weighted by Crippen LogP contribution is 2.36. The molecule has 2 aliphatic carbocycles. The predicted molar refractivity (Wildman–Crippen MR) is 97.6 cm³/mol. The number of carbonyl (C=O) groups excluding carboxylic acids is 1. The number of aliphatic hydroxyl groups is 1. The first-order chi connectivity index (χ1) is 12.5. The second-order valence-electron chi connectivity index (χ2n) is 7.68. The Kier molecular flexibility index (Phi) is 5.81. The van der Waals surface area contributed by atoms with Crippen LogP contribution in [0, 0.1) is 5.92 Å². The van der Waals surface area contributed by atoms with E-state index in [-0.39, 0.29) is 24.0 Å². The summed E-state index contributed by atoms with van der Waals surface area (Å²) in [6, 6.07) is 9.65. The fourth-order valence-electron chi connectivity index (χ4n) is 4.17. The molecule has 6 nitrogen and oxygen atoms in total. The fourth-order valence-corrected chi connectivity index (χ4v) is 4.17. The van der Waals surface area contributed by atoms with Crippen LogP contribution in [0.5, 0.6) is 0 Å². The minimum atomic E-state index is -0.800. The molecule has 1 aromatic carbocycles. The molecule has 2 saturated carbocycles. The lowest BCUT2D eigenvalue weighted by atomic mass is 9.78. The average molecular weight is 360 g/mol.